The summed E-state index contributed by atoms with van der Waals surface area (Å²) >= 11 is 0. The summed E-state index contributed by atoms with van der Waals surface area (Å²) in [5, 5.41) is 12.5. The fourth-order valence-electron chi connectivity index (χ4n) is 7.74. The van der Waals surface area contributed by atoms with E-state index in [0.717, 1.165) is 77.6 Å². The molecular formula is C52H33N5. The van der Waals surface area contributed by atoms with Crippen LogP contribution in [-0.2, 0) is 0 Å². The number of benzene rings is 8. The molecule has 0 spiro atoms. The first-order valence-corrected chi connectivity index (χ1v) is 18.9. The molecule has 0 atom stereocenters. The Bertz CT molecular complexity index is 2960. The first kappa shape index (κ1) is 33.6. The highest BCUT2D eigenvalue weighted by molar-refractivity contribution is 6.11. The van der Waals surface area contributed by atoms with Gasteiger partial charge in [0.2, 0.25) is 0 Å². The Morgan fingerprint density at radius 2 is 0.789 bits per heavy atom. The summed E-state index contributed by atoms with van der Waals surface area (Å²) in [5.74, 6) is 1.68. The Kier molecular flexibility index (Phi) is 8.48. The molecule has 0 aliphatic heterocycles. The summed E-state index contributed by atoms with van der Waals surface area (Å²) in [4.78, 5) is 15.5. The van der Waals surface area contributed by atoms with Crippen molar-refractivity contribution >= 4 is 21.8 Å². The molecule has 0 radical (unpaired) electrons. The molecule has 5 nitrogen and oxygen atoms in total. The lowest BCUT2D eigenvalue weighted by atomic mass is 9.97. The van der Waals surface area contributed by atoms with Crippen LogP contribution >= 0.6 is 0 Å². The van der Waals surface area contributed by atoms with Gasteiger partial charge in [0.05, 0.1) is 28.4 Å². The van der Waals surface area contributed by atoms with Crippen LogP contribution in [0.3, 0.4) is 0 Å². The first-order chi connectivity index (χ1) is 28.2. The molecule has 0 amide bonds. The molecule has 0 saturated carbocycles. The van der Waals surface area contributed by atoms with Crippen LogP contribution < -0.4 is 0 Å². The molecule has 0 aliphatic rings. The summed E-state index contributed by atoms with van der Waals surface area (Å²) in [5.41, 5.74) is 12.5. The number of hydrogen-bond donors (Lipinski definition) is 0. The van der Waals surface area contributed by atoms with Gasteiger partial charge in [-0.05, 0) is 63.7 Å². The van der Waals surface area contributed by atoms with E-state index in [2.05, 4.69) is 114 Å². The van der Waals surface area contributed by atoms with Gasteiger partial charge < -0.3 is 4.57 Å². The fourth-order valence-corrected chi connectivity index (χ4v) is 7.74. The molecule has 266 valence electrons. The second-order valence-corrected chi connectivity index (χ2v) is 14.0. The molecule has 10 aromatic rings. The van der Waals surface area contributed by atoms with Crippen LogP contribution in [0.5, 0.6) is 0 Å². The molecule has 8 aromatic carbocycles. The van der Waals surface area contributed by atoms with E-state index in [1.807, 2.05) is 97.1 Å². The molecule has 0 saturated heterocycles. The maximum Gasteiger partial charge on any atom is 0.166 e. The van der Waals surface area contributed by atoms with Gasteiger partial charge in [-0.15, -0.1) is 0 Å². The van der Waals surface area contributed by atoms with Gasteiger partial charge in [-0.1, -0.05) is 170 Å². The van der Waals surface area contributed by atoms with E-state index in [-0.39, 0.29) is 0 Å². The van der Waals surface area contributed by atoms with Gasteiger partial charge in [0.15, 0.2) is 17.5 Å². The van der Waals surface area contributed by atoms with Gasteiger partial charge in [0.25, 0.3) is 0 Å². The first-order valence-electron chi connectivity index (χ1n) is 18.9. The van der Waals surface area contributed by atoms with E-state index >= 15 is 0 Å². The highest BCUT2D eigenvalue weighted by Gasteiger charge is 2.22. The molecule has 10 rings (SSSR count). The summed E-state index contributed by atoms with van der Waals surface area (Å²) in [6, 6.07) is 71.0. The summed E-state index contributed by atoms with van der Waals surface area (Å²) in [6.45, 7) is 0. The lowest BCUT2D eigenvalue weighted by Gasteiger charge is -2.17. The Labute approximate surface area is 330 Å². The fraction of sp³-hybridized carbons (Fsp3) is 0. The number of hydrogen-bond acceptors (Lipinski definition) is 4. The maximum atomic E-state index is 10.2. The lowest BCUT2D eigenvalue weighted by molar-refractivity contribution is 1.06. The maximum absolute atomic E-state index is 10.2. The van der Waals surface area contributed by atoms with Crippen LogP contribution in [0.25, 0.3) is 95.0 Å². The quantitative estimate of drug-likeness (QED) is 0.164. The van der Waals surface area contributed by atoms with Crippen molar-refractivity contribution in [2.45, 2.75) is 0 Å². The van der Waals surface area contributed by atoms with E-state index in [0.29, 0.717) is 23.0 Å². The highest BCUT2D eigenvalue weighted by Crippen LogP contribution is 2.41. The van der Waals surface area contributed by atoms with Crippen LogP contribution in [0.4, 0.5) is 0 Å². The minimum atomic E-state index is 0.530. The van der Waals surface area contributed by atoms with Crippen molar-refractivity contribution < 1.29 is 0 Å². The second kappa shape index (κ2) is 14.4. The van der Waals surface area contributed by atoms with Crippen molar-refractivity contribution in [2.75, 3.05) is 0 Å². The van der Waals surface area contributed by atoms with Crippen molar-refractivity contribution in [2.24, 2.45) is 0 Å². The molecule has 0 bridgehead atoms. The smallest absolute Gasteiger partial charge is 0.166 e. The monoisotopic (exact) mass is 727 g/mol. The summed E-state index contributed by atoms with van der Waals surface area (Å²) < 4.78 is 2.35. The van der Waals surface area contributed by atoms with Crippen molar-refractivity contribution in [1.82, 2.24) is 19.5 Å². The zero-order valence-electron chi connectivity index (χ0n) is 30.8. The van der Waals surface area contributed by atoms with Gasteiger partial charge in [0.1, 0.15) is 0 Å². The third kappa shape index (κ3) is 6.22. The van der Waals surface area contributed by atoms with Crippen LogP contribution in [0, 0.1) is 11.3 Å². The molecule has 0 aliphatic carbocycles. The standard InChI is InChI=1S/C52H33N5/c53-34-42-23-13-14-24-43(42)41-27-30-47(46(31-41)52-55-50(37-19-9-3-10-20-37)54-51(56-52)38-21-11-4-12-22-38)57-48-32-39(35-15-5-1-6-16-35)25-28-44(48)45-29-26-40(33-49(45)57)36-17-7-2-8-18-36/h1-33H. The molecule has 0 unspecified atom stereocenters. The van der Waals surface area contributed by atoms with Crippen molar-refractivity contribution in [3.8, 4) is 79.3 Å². The third-order valence-corrected chi connectivity index (χ3v) is 10.5. The zero-order chi connectivity index (χ0) is 38.1. The van der Waals surface area contributed by atoms with E-state index in [1.54, 1.807) is 0 Å². The van der Waals surface area contributed by atoms with E-state index in [1.165, 1.54) is 0 Å². The van der Waals surface area contributed by atoms with Crippen LogP contribution in [0.2, 0.25) is 0 Å². The highest BCUT2D eigenvalue weighted by atomic mass is 15.1. The van der Waals surface area contributed by atoms with Gasteiger partial charge in [-0.3, -0.25) is 0 Å². The zero-order valence-corrected chi connectivity index (χ0v) is 30.8. The SMILES string of the molecule is N#Cc1ccccc1-c1ccc(-n2c3cc(-c4ccccc4)ccc3c3ccc(-c4ccccc4)cc32)c(-c2nc(-c3ccccc3)nc(-c3ccccc3)n2)c1. The normalized spacial score (nSPS) is 11.1. The molecule has 0 N–H and O–H groups in total. The van der Waals surface area contributed by atoms with E-state index in [4.69, 9.17) is 15.0 Å². The van der Waals surface area contributed by atoms with Gasteiger partial charge in [-0.2, -0.15) is 5.26 Å². The molecule has 0 fully saturated rings. The third-order valence-electron chi connectivity index (χ3n) is 10.5. The van der Waals surface area contributed by atoms with E-state index < -0.39 is 0 Å². The van der Waals surface area contributed by atoms with Gasteiger partial charge in [-0.25, -0.2) is 15.0 Å². The topological polar surface area (TPSA) is 67.4 Å². The number of rotatable bonds is 7. The number of nitrogens with zero attached hydrogens (tertiary/aromatic N) is 5. The molecule has 5 heteroatoms. The Morgan fingerprint density at radius 3 is 1.30 bits per heavy atom. The predicted octanol–water partition coefficient (Wildman–Crippen LogP) is 12.8. The largest absolute Gasteiger partial charge is 0.308 e. The second-order valence-electron chi connectivity index (χ2n) is 14.0. The van der Waals surface area contributed by atoms with Crippen LogP contribution in [0.1, 0.15) is 5.56 Å². The minimum absolute atomic E-state index is 0.530. The molecule has 2 heterocycles. The molecule has 2 aromatic heterocycles. The molecule has 57 heavy (non-hydrogen) atoms. The summed E-state index contributed by atoms with van der Waals surface area (Å²) in [6.07, 6.45) is 0. The van der Waals surface area contributed by atoms with Crippen LogP contribution in [-0.4, -0.2) is 19.5 Å². The van der Waals surface area contributed by atoms with E-state index in [9.17, 15) is 5.26 Å². The van der Waals surface area contributed by atoms with Crippen molar-refractivity contribution in [3.63, 3.8) is 0 Å². The minimum Gasteiger partial charge on any atom is -0.308 e. The van der Waals surface area contributed by atoms with Gasteiger partial charge in [0, 0.05) is 27.5 Å². The Morgan fingerprint density at radius 1 is 0.351 bits per heavy atom. The van der Waals surface area contributed by atoms with Crippen molar-refractivity contribution in [1.29, 1.82) is 5.26 Å². The predicted molar refractivity (Wildman–Crippen MR) is 231 cm³/mol. The average molecular weight is 728 g/mol. The van der Waals surface area contributed by atoms with Crippen LogP contribution in [0.15, 0.2) is 200 Å². The number of fused-ring (bicyclic) bond motifs is 3. The van der Waals surface area contributed by atoms with Gasteiger partial charge >= 0.3 is 0 Å². The van der Waals surface area contributed by atoms with Crippen molar-refractivity contribution in [3.05, 3.63) is 206 Å². The summed E-state index contributed by atoms with van der Waals surface area (Å²) in [7, 11) is 0. The average Bonchev–Trinajstić information content (AvgIpc) is 3.62. The number of nitriles is 1. The lowest BCUT2D eigenvalue weighted by Crippen LogP contribution is -2.04. The molecular weight excluding hydrogens is 695 g/mol. The number of aromatic nitrogens is 4. The Hall–Kier alpha value is -7.94. The Balaban J connectivity index is 1.31.